The lowest BCUT2D eigenvalue weighted by Crippen LogP contribution is -2.47. The van der Waals surface area contributed by atoms with Crippen molar-refractivity contribution in [3.8, 4) is 0 Å². The van der Waals surface area contributed by atoms with Crippen LogP contribution in [0.2, 0.25) is 0 Å². The minimum Gasteiger partial charge on any atom is -0.369 e. The maximum atomic E-state index is 12.2. The van der Waals surface area contributed by atoms with Crippen molar-refractivity contribution in [3.05, 3.63) is 28.7 Å². The van der Waals surface area contributed by atoms with Gasteiger partial charge >= 0.3 is 0 Å². The molecule has 1 aromatic heterocycles. The lowest BCUT2D eigenvalue weighted by atomic mass is 10.1. The number of nitrogens with one attached hydrogen (secondary N) is 2. The minimum atomic E-state index is -3.84. The Bertz CT molecular complexity index is 662. The van der Waals surface area contributed by atoms with Crippen LogP contribution in [0.4, 0.5) is 0 Å². The van der Waals surface area contributed by atoms with Crippen LogP contribution >= 0.6 is 0 Å². The zero-order valence-corrected chi connectivity index (χ0v) is 12.2. The molecule has 0 saturated carbocycles. The number of carbonyl (C=O) groups is 1. The predicted octanol–water partition coefficient (Wildman–Crippen LogP) is -1.40. The number of piperidine rings is 1. The summed E-state index contributed by atoms with van der Waals surface area (Å²) in [6.07, 6.45) is 3.69. The second kappa shape index (κ2) is 6.37. The van der Waals surface area contributed by atoms with Crippen LogP contribution < -0.4 is 15.9 Å². The molecule has 2 heterocycles. The standard InChI is InChI=1S/C12H18N4O4S/c13-12(18)8-16-5-2-9(3-6-16)15-21(19,20)11-7-14-4-1-10(11)17/h1,4,7,9,15H,2-3,5-6,8H2,(H2,13,18)(H,14,17). The Balaban J connectivity index is 1.99. The number of hydrogen-bond acceptors (Lipinski definition) is 5. The average molecular weight is 314 g/mol. The first-order valence-corrected chi connectivity index (χ1v) is 8.07. The maximum Gasteiger partial charge on any atom is 0.246 e. The number of nitrogens with zero attached hydrogens (tertiary/aromatic N) is 1. The first kappa shape index (κ1) is 15.7. The van der Waals surface area contributed by atoms with Gasteiger partial charge in [0.2, 0.25) is 21.4 Å². The summed E-state index contributed by atoms with van der Waals surface area (Å²) in [5, 5.41) is 0. The van der Waals surface area contributed by atoms with E-state index < -0.39 is 21.4 Å². The molecule has 116 valence electrons. The van der Waals surface area contributed by atoms with Crippen LogP contribution in [0.5, 0.6) is 0 Å². The fourth-order valence-electron chi connectivity index (χ4n) is 2.32. The Hall–Kier alpha value is -1.71. The van der Waals surface area contributed by atoms with Crippen LogP contribution in [-0.2, 0) is 14.8 Å². The molecule has 0 bridgehead atoms. The number of sulfonamides is 1. The molecule has 0 unspecified atom stereocenters. The molecule has 1 aliphatic rings. The second-order valence-corrected chi connectivity index (χ2v) is 6.69. The van der Waals surface area contributed by atoms with Crippen molar-refractivity contribution in [2.75, 3.05) is 19.6 Å². The summed E-state index contributed by atoms with van der Waals surface area (Å²) >= 11 is 0. The zero-order valence-electron chi connectivity index (χ0n) is 11.4. The molecular weight excluding hydrogens is 296 g/mol. The number of carbonyl (C=O) groups excluding carboxylic acids is 1. The van der Waals surface area contributed by atoms with Gasteiger partial charge in [0.25, 0.3) is 0 Å². The summed E-state index contributed by atoms with van der Waals surface area (Å²) in [6, 6.07) is 0.919. The van der Waals surface area contributed by atoms with Crippen molar-refractivity contribution < 1.29 is 13.2 Å². The molecule has 0 radical (unpaired) electrons. The molecular formula is C12H18N4O4S. The topological polar surface area (TPSA) is 125 Å². The predicted molar refractivity (Wildman–Crippen MR) is 76.0 cm³/mol. The number of rotatable bonds is 5. The largest absolute Gasteiger partial charge is 0.369 e. The highest BCUT2D eigenvalue weighted by Crippen LogP contribution is 2.12. The van der Waals surface area contributed by atoms with Crippen LogP contribution in [0.3, 0.4) is 0 Å². The highest BCUT2D eigenvalue weighted by molar-refractivity contribution is 7.89. The van der Waals surface area contributed by atoms with Crippen molar-refractivity contribution in [1.29, 1.82) is 0 Å². The van der Waals surface area contributed by atoms with E-state index in [1.165, 1.54) is 18.5 Å². The normalized spacial score (nSPS) is 17.7. The molecule has 4 N–H and O–H groups in total. The Labute approximate surface area is 122 Å². The van der Waals surface area contributed by atoms with Crippen molar-refractivity contribution in [1.82, 2.24) is 14.6 Å². The van der Waals surface area contributed by atoms with Gasteiger partial charge in [0.05, 0.1) is 6.54 Å². The van der Waals surface area contributed by atoms with Gasteiger partial charge in [-0.2, -0.15) is 0 Å². The summed E-state index contributed by atoms with van der Waals surface area (Å²) in [4.78, 5) is 26.6. The first-order valence-electron chi connectivity index (χ1n) is 6.58. The van der Waals surface area contributed by atoms with Gasteiger partial charge in [-0.1, -0.05) is 0 Å². The van der Waals surface area contributed by atoms with Gasteiger partial charge in [-0.3, -0.25) is 14.5 Å². The van der Waals surface area contributed by atoms with E-state index in [1.807, 2.05) is 4.90 Å². The Morgan fingerprint density at radius 3 is 2.67 bits per heavy atom. The van der Waals surface area contributed by atoms with Crippen LogP contribution in [-0.4, -0.2) is 49.9 Å². The van der Waals surface area contributed by atoms with Gasteiger partial charge in [0, 0.05) is 37.6 Å². The Morgan fingerprint density at radius 1 is 1.43 bits per heavy atom. The highest BCUT2D eigenvalue weighted by Gasteiger charge is 2.26. The SMILES string of the molecule is NC(=O)CN1CCC(NS(=O)(=O)c2c[nH]ccc2=O)CC1. The quantitative estimate of drug-likeness (QED) is 0.616. The molecule has 2 rings (SSSR count). The number of primary amides is 1. The van der Waals surface area contributed by atoms with E-state index in [0.29, 0.717) is 25.9 Å². The van der Waals surface area contributed by atoms with Gasteiger partial charge in [0.15, 0.2) is 0 Å². The average Bonchev–Trinajstić information content (AvgIpc) is 2.40. The molecule has 0 atom stereocenters. The molecule has 9 heteroatoms. The third-order valence-corrected chi connectivity index (χ3v) is 4.91. The second-order valence-electron chi connectivity index (χ2n) is 5.01. The van der Waals surface area contributed by atoms with Gasteiger partial charge in [-0.05, 0) is 12.8 Å². The molecule has 0 spiro atoms. The fourth-order valence-corrected chi connectivity index (χ4v) is 3.68. The number of pyridine rings is 1. The molecule has 1 aromatic rings. The Morgan fingerprint density at radius 2 is 2.10 bits per heavy atom. The van der Waals surface area contributed by atoms with E-state index in [1.54, 1.807) is 0 Å². The smallest absolute Gasteiger partial charge is 0.246 e. The van der Waals surface area contributed by atoms with Crippen LogP contribution in [0.25, 0.3) is 0 Å². The maximum absolute atomic E-state index is 12.2. The van der Waals surface area contributed by atoms with Crippen LogP contribution in [0.1, 0.15) is 12.8 Å². The fraction of sp³-hybridized carbons (Fsp3) is 0.500. The third kappa shape index (κ3) is 4.13. The molecule has 0 aromatic carbocycles. The molecule has 1 saturated heterocycles. The molecule has 1 amide bonds. The molecule has 1 fully saturated rings. The van der Waals surface area contributed by atoms with Crippen LogP contribution in [0.15, 0.2) is 28.2 Å². The van der Waals surface area contributed by atoms with E-state index in [4.69, 9.17) is 5.73 Å². The number of amides is 1. The number of likely N-dealkylation sites (tertiary alicyclic amines) is 1. The van der Waals surface area contributed by atoms with Crippen molar-refractivity contribution in [2.45, 2.75) is 23.8 Å². The summed E-state index contributed by atoms with van der Waals surface area (Å²) in [7, 11) is -3.84. The van der Waals surface area contributed by atoms with E-state index in [9.17, 15) is 18.0 Å². The first-order chi connectivity index (χ1) is 9.88. The number of nitrogens with two attached hydrogens (primary N) is 1. The lowest BCUT2D eigenvalue weighted by molar-refractivity contribution is -0.119. The van der Waals surface area contributed by atoms with E-state index in [0.717, 1.165) is 0 Å². The summed E-state index contributed by atoms with van der Waals surface area (Å²) in [6.45, 7) is 1.35. The number of H-pyrrole nitrogens is 1. The number of aromatic amines is 1. The van der Waals surface area contributed by atoms with E-state index in [2.05, 4.69) is 9.71 Å². The van der Waals surface area contributed by atoms with Gasteiger partial charge < -0.3 is 10.7 Å². The lowest BCUT2D eigenvalue weighted by Gasteiger charge is -2.31. The molecule has 0 aliphatic carbocycles. The van der Waals surface area contributed by atoms with Crippen LogP contribution in [0, 0.1) is 0 Å². The van der Waals surface area contributed by atoms with Crippen molar-refractivity contribution in [3.63, 3.8) is 0 Å². The monoisotopic (exact) mass is 314 g/mol. The van der Waals surface area contributed by atoms with Gasteiger partial charge in [0.1, 0.15) is 4.90 Å². The summed E-state index contributed by atoms with van der Waals surface area (Å²) < 4.78 is 26.9. The highest BCUT2D eigenvalue weighted by atomic mass is 32.2. The van der Waals surface area contributed by atoms with E-state index >= 15 is 0 Å². The molecule has 8 nitrogen and oxygen atoms in total. The minimum absolute atomic E-state index is 0.178. The zero-order chi connectivity index (χ0) is 15.5. The number of aromatic nitrogens is 1. The van der Waals surface area contributed by atoms with Gasteiger partial charge in [-0.25, -0.2) is 13.1 Å². The van der Waals surface area contributed by atoms with Crippen molar-refractivity contribution in [2.24, 2.45) is 5.73 Å². The van der Waals surface area contributed by atoms with E-state index in [-0.39, 0.29) is 17.5 Å². The van der Waals surface area contributed by atoms with Gasteiger partial charge in [-0.15, -0.1) is 0 Å². The summed E-state index contributed by atoms with van der Waals surface area (Å²) in [5.41, 5.74) is 4.57. The Kier molecular flexibility index (Phi) is 4.76. The number of hydrogen-bond donors (Lipinski definition) is 3. The third-order valence-electron chi connectivity index (χ3n) is 3.37. The molecule has 21 heavy (non-hydrogen) atoms. The molecule has 1 aliphatic heterocycles. The summed E-state index contributed by atoms with van der Waals surface area (Å²) in [5.74, 6) is -0.398. The van der Waals surface area contributed by atoms with Crippen molar-refractivity contribution >= 4 is 15.9 Å².